The highest BCUT2D eigenvalue weighted by molar-refractivity contribution is 6.33. The van der Waals surface area contributed by atoms with E-state index >= 15 is 0 Å². The number of fused-ring (bicyclic) bond motifs is 1. The Hall–Kier alpha value is -3.38. The number of carbonyl (C=O) groups is 1. The van der Waals surface area contributed by atoms with Crippen LogP contribution in [0.5, 0.6) is 0 Å². The molecule has 0 aliphatic carbocycles. The van der Waals surface area contributed by atoms with Crippen molar-refractivity contribution < 1.29 is 4.79 Å². The summed E-state index contributed by atoms with van der Waals surface area (Å²) in [5, 5.41) is 11.7. The van der Waals surface area contributed by atoms with Gasteiger partial charge in [-0.05, 0) is 37.3 Å². The van der Waals surface area contributed by atoms with Crippen molar-refractivity contribution in [3.63, 3.8) is 0 Å². The standard InChI is InChI=1S/C25H26ClN5O/c1-15-23(19-8-6-7-9-20(19)26)24-29-21(25(3,4)5)14-22(31(24)30-15)28-18-12-10-17(11-13-18)27-16(2)32/h6-14,28H,1-5H3,(H,27,32). The van der Waals surface area contributed by atoms with E-state index in [9.17, 15) is 4.79 Å². The second-order valence-corrected chi connectivity index (χ2v) is 9.24. The van der Waals surface area contributed by atoms with Gasteiger partial charge in [0.05, 0.1) is 17.0 Å². The van der Waals surface area contributed by atoms with Gasteiger partial charge in [0.2, 0.25) is 5.91 Å². The molecule has 0 unspecified atom stereocenters. The Balaban J connectivity index is 1.86. The highest BCUT2D eigenvalue weighted by Crippen LogP contribution is 2.36. The van der Waals surface area contributed by atoms with Gasteiger partial charge in [-0.15, -0.1) is 0 Å². The molecule has 1 amide bonds. The van der Waals surface area contributed by atoms with Crippen LogP contribution in [-0.4, -0.2) is 20.5 Å². The first-order valence-corrected chi connectivity index (χ1v) is 10.8. The van der Waals surface area contributed by atoms with Crippen LogP contribution < -0.4 is 10.6 Å². The minimum absolute atomic E-state index is 0.101. The summed E-state index contributed by atoms with van der Waals surface area (Å²) in [6.07, 6.45) is 0. The zero-order valence-electron chi connectivity index (χ0n) is 18.8. The largest absolute Gasteiger partial charge is 0.340 e. The maximum atomic E-state index is 11.3. The molecule has 0 saturated heterocycles. The van der Waals surface area contributed by atoms with Gasteiger partial charge in [-0.3, -0.25) is 4.79 Å². The van der Waals surface area contributed by atoms with E-state index in [1.165, 1.54) is 6.92 Å². The van der Waals surface area contributed by atoms with Crippen LogP contribution in [0.1, 0.15) is 39.1 Å². The van der Waals surface area contributed by atoms with E-state index in [4.69, 9.17) is 21.7 Å². The number of aryl methyl sites for hydroxylation is 1. The van der Waals surface area contributed by atoms with E-state index in [1.807, 2.05) is 66.0 Å². The van der Waals surface area contributed by atoms with Crippen LogP contribution in [0.4, 0.5) is 17.2 Å². The van der Waals surface area contributed by atoms with E-state index in [-0.39, 0.29) is 11.3 Å². The molecule has 0 saturated carbocycles. The van der Waals surface area contributed by atoms with E-state index in [0.29, 0.717) is 5.02 Å². The van der Waals surface area contributed by atoms with Crippen molar-refractivity contribution in [2.45, 2.75) is 40.0 Å². The molecule has 0 atom stereocenters. The van der Waals surface area contributed by atoms with Gasteiger partial charge in [-0.2, -0.15) is 9.61 Å². The van der Waals surface area contributed by atoms with Crippen molar-refractivity contribution in [3.8, 4) is 11.1 Å². The molecule has 0 spiro atoms. The number of hydrogen-bond donors (Lipinski definition) is 2. The SMILES string of the molecule is CC(=O)Nc1ccc(Nc2cc(C(C)(C)C)nc3c(-c4ccccc4Cl)c(C)nn23)cc1. The lowest BCUT2D eigenvalue weighted by Gasteiger charge is -2.20. The third-order valence-corrected chi connectivity index (χ3v) is 5.48. The lowest BCUT2D eigenvalue weighted by atomic mass is 9.92. The molecule has 6 nitrogen and oxygen atoms in total. The minimum Gasteiger partial charge on any atom is -0.340 e. The Labute approximate surface area is 192 Å². The summed E-state index contributed by atoms with van der Waals surface area (Å²) in [5.41, 5.74) is 5.82. The summed E-state index contributed by atoms with van der Waals surface area (Å²) < 4.78 is 1.82. The topological polar surface area (TPSA) is 71.3 Å². The fraction of sp³-hybridized carbons (Fsp3) is 0.240. The minimum atomic E-state index is -0.163. The lowest BCUT2D eigenvalue weighted by molar-refractivity contribution is -0.114. The fourth-order valence-electron chi connectivity index (χ4n) is 3.56. The zero-order chi connectivity index (χ0) is 23.0. The Morgan fingerprint density at radius 3 is 2.31 bits per heavy atom. The summed E-state index contributed by atoms with van der Waals surface area (Å²) in [6.45, 7) is 9.86. The lowest BCUT2D eigenvalue weighted by Crippen LogP contribution is -2.16. The normalized spacial score (nSPS) is 11.6. The van der Waals surface area contributed by atoms with Gasteiger partial charge in [0.15, 0.2) is 5.65 Å². The molecule has 0 radical (unpaired) electrons. The van der Waals surface area contributed by atoms with Gasteiger partial charge >= 0.3 is 0 Å². The molecule has 2 aromatic carbocycles. The molecular formula is C25H26ClN5O. The highest BCUT2D eigenvalue weighted by atomic mass is 35.5. The Kier molecular flexibility index (Phi) is 5.65. The summed E-state index contributed by atoms with van der Waals surface area (Å²) in [7, 11) is 0. The van der Waals surface area contributed by atoms with Crippen molar-refractivity contribution in [3.05, 3.63) is 71.0 Å². The van der Waals surface area contributed by atoms with Gasteiger partial charge in [0.1, 0.15) is 5.82 Å². The molecule has 0 bridgehead atoms. The number of aromatic nitrogens is 3. The van der Waals surface area contributed by atoms with E-state index in [2.05, 4.69) is 31.4 Å². The summed E-state index contributed by atoms with van der Waals surface area (Å²) >= 11 is 6.53. The molecule has 0 aliphatic rings. The van der Waals surface area contributed by atoms with Crippen molar-refractivity contribution >= 4 is 40.3 Å². The predicted octanol–water partition coefficient (Wildman–Crippen LogP) is 6.36. The number of anilines is 3. The van der Waals surface area contributed by atoms with Crippen molar-refractivity contribution in [1.29, 1.82) is 0 Å². The van der Waals surface area contributed by atoms with E-state index < -0.39 is 0 Å². The maximum Gasteiger partial charge on any atom is 0.221 e. The third kappa shape index (κ3) is 4.32. The van der Waals surface area contributed by atoms with E-state index in [0.717, 1.165) is 45.4 Å². The van der Waals surface area contributed by atoms with Crippen LogP contribution in [0.2, 0.25) is 5.02 Å². The molecule has 2 heterocycles. The molecule has 2 N–H and O–H groups in total. The van der Waals surface area contributed by atoms with E-state index in [1.54, 1.807) is 0 Å². The predicted molar refractivity (Wildman–Crippen MR) is 131 cm³/mol. The van der Waals surface area contributed by atoms with Crippen molar-refractivity contribution in [1.82, 2.24) is 14.6 Å². The number of amides is 1. The average molecular weight is 448 g/mol. The van der Waals surface area contributed by atoms with Gasteiger partial charge in [-0.25, -0.2) is 4.98 Å². The van der Waals surface area contributed by atoms with Gasteiger partial charge in [0, 0.05) is 40.4 Å². The molecule has 2 aromatic heterocycles. The number of carbonyl (C=O) groups excluding carboxylic acids is 1. The average Bonchev–Trinajstić information content (AvgIpc) is 3.05. The van der Waals surface area contributed by atoms with Gasteiger partial charge < -0.3 is 10.6 Å². The molecule has 164 valence electrons. The molecule has 0 aliphatic heterocycles. The first-order valence-electron chi connectivity index (χ1n) is 10.4. The fourth-order valence-corrected chi connectivity index (χ4v) is 3.79. The Bertz CT molecular complexity index is 1300. The monoisotopic (exact) mass is 447 g/mol. The van der Waals surface area contributed by atoms with Gasteiger partial charge in [0.25, 0.3) is 0 Å². The van der Waals surface area contributed by atoms with Crippen LogP contribution >= 0.6 is 11.6 Å². The van der Waals surface area contributed by atoms with Gasteiger partial charge in [-0.1, -0.05) is 50.6 Å². The molecule has 0 fully saturated rings. The quantitative estimate of drug-likeness (QED) is 0.382. The van der Waals surface area contributed by atoms with Crippen molar-refractivity contribution in [2.75, 3.05) is 10.6 Å². The van der Waals surface area contributed by atoms with Crippen LogP contribution in [0.25, 0.3) is 16.8 Å². The third-order valence-electron chi connectivity index (χ3n) is 5.15. The molecule has 4 rings (SSSR count). The van der Waals surface area contributed by atoms with Crippen LogP contribution in [0.15, 0.2) is 54.6 Å². The second kappa shape index (κ2) is 8.28. The first-order chi connectivity index (χ1) is 15.1. The Morgan fingerprint density at radius 1 is 1.03 bits per heavy atom. The van der Waals surface area contributed by atoms with Crippen LogP contribution in [-0.2, 0) is 10.2 Å². The smallest absolute Gasteiger partial charge is 0.221 e. The molecule has 7 heteroatoms. The number of halogens is 1. The van der Waals surface area contributed by atoms with Crippen LogP contribution in [0, 0.1) is 6.92 Å². The summed E-state index contributed by atoms with van der Waals surface area (Å²) in [6, 6.07) is 17.3. The Morgan fingerprint density at radius 2 is 1.69 bits per heavy atom. The summed E-state index contributed by atoms with van der Waals surface area (Å²) in [4.78, 5) is 16.3. The molecule has 32 heavy (non-hydrogen) atoms. The number of nitrogens with zero attached hydrogens (tertiary/aromatic N) is 3. The number of rotatable bonds is 4. The van der Waals surface area contributed by atoms with Crippen LogP contribution in [0.3, 0.4) is 0 Å². The number of hydrogen-bond acceptors (Lipinski definition) is 4. The summed E-state index contributed by atoms with van der Waals surface area (Å²) in [5.74, 6) is 0.698. The number of nitrogens with one attached hydrogen (secondary N) is 2. The number of benzene rings is 2. The van der Waals surface area contributed by atoms with Crippen molar-refractivity contribution in [2.24, 2.45) is 0 Å². The first kappa shape index (κ1) is 21.8. The maximum absolute atomic E-state index is 11.3. The molecular weight excluding hydrogens is 422 g/mol. The zero-order valence-corrected chi connectivity index (χ0v) is 19.6. The second-order valence-electron chi connectivity index (χ2n) is 8.84. The molecule has 4 aromatic rings. The highest BCUT2D eigenvalue weighted by Gasteiger charge is 2.23.